The second-order valence-corrected chi connectivity index (χ2v) is 7.38. The Morgan fingerprint density at radius 3 is 2.79 bits per heavy atom. The maximum Gasteiger partial charge on any atom is 0.291 e. The number of hydrogen-bond acceptors (Lipinski definition) is 4. The van der Waals surface area contributed by atoms with Crippen molar-refractivity contribution in [3.8, 4) is 10.6 Å². The molecule has 4 rings (SSSR count). The van der Waals surface area contributed by atoms with Crippen molar-refractivity contribution < 1.29 is 9.21 Å². The topological polar surface area (TPSA) is 55.1 Å². The van der Waals surface area contributed by atoms with Gasteiger partial charge in [-0.2, -0.15) is 0 Å². The van der Waals surface area contributed by atoms with Crippen LogP contribution in [-0.4, -0.2) is 10.9 Å². The molecule has 0 radical (unpaired) electrons. The minimum Gasteiger partial charge on any atom is -0.459 e. The van der Waals surface area contributed by atoms with Crippen LogP contribution in [0, 0.1) is 3.57 Å². The smallest absolute Gasteiger partial charge is 0.291 e. The quantitative estimate of drug-likeness (QED) is 0.428. The number of nitrogens with zero attached hydrogens (tertiary/aromatic N) is 1. The summed E-state index contributed by atoms with van der Waals surface area (Å²) in [5.41, 5.74) is 2.58. The van der Waals surface area contributed by atoms with Gasteiger partial charge in [0.25, 0.3) is 5.91 Å². The molecule has 0 aliphatic rings. The highest BCUT2D eigenvalue weighted by atomic mass is 127. The maximum atomic E-state index is 12.3. The summed E-state index contributed by atoms with van der Waals surface area (Å²) >= 11 is 3.87. The van der Waals surface area contributed by atoms with Crippen LogP contribution in [0.2, 0.25) is 0 Å². The molecule has 2 heterocycles. The second kappa shape index (κ2) is 6.37. The van der Waals surface area contributed by atoms with E-state index in [0.717, 1.165) is 30.0 Å². The number of carbonyl (C=O) groups excluding carboxylic acids is 1. The van der Waals surface area contributed by atoms with Crippen LogP contribution in [0.3, 0.4) is 0 Å². The lowest BCUT2D eigenvalue weighted by Gasteiger charge is -2.09. The lowest BCUT2D eigenvalue weighted by Crippen LogP contribution is -2.11. The molecule has 0 saturated heterocycles. The average Bonchev–Trinajstić information content (AvgIpc) is 3.25. The second-order valence-electron chi connectivity index (χ2n) is 5.11. The van der Waals surface area contributed by atoms with E-state index in [1.807, 2.05) is 42.5 Å². The molecule has 0 unspecified atom stereocenters. The fourth-order valence-electron chi connectivity index (χ4n) is 2.38. The number of benzene rings is 2. The van der Waals surface area contributed by atoms with Crippen molar-refractivity contribution in [2.75, 3.05) is 5.32 Å². The number of hydrogen-bond donors (Lipinski definition) is 1. The van der Waals surface area contributed by atoms with Crippen LogP contribution in [0.4, 0.5) is 5.69 Å². The van der Waals surface area contributed by atoms with Gasteiger partial charge in [-0.1, -0.05) is 12.1 Å². The third-order valence-electron chi connectivity index (χ3n) is 3.50. The molecule has 0 spiro atoms. The number of thiazole rings is 1. The molecule has 24 heavy (non-hydrogen) atoms. The van der Waals surface area contributed by atoms with Gasteiger partial charge >= 0.3 is 0 Å². The zero-order valence-corrected chi connectivity index (χ0v) is 15.3. The van der Waals surface area contributed by atoms with E-state index < -0.39 is 0 Å². The fourth-order valence-corrected chi connectivity index (χ4v) is 3.87. The van der Waals surface area contributed by atoms with E-state index in [0.29, 0.717) is 0 Å². The van der Waals surface area contributed by atoms with Crippen molar-refractivity contribution in [2.24, 2.45) is 0 Å². The summed E-state index contributed by atoms with van der Waals surface area (Å²) < 4.78 is 7.36. The first-order valence-corrected chi connectivity index (χ1v) is 9.10. The van der Waals surface area contributed by atoms with Gasteiger partial charge in [-0.3, -0.25) is 4.79 Å². The standard InChI is InChI=1S/C18H11IN2O2S/c19-11-7-8-13(20-17(22)15-5-3-9-23-15)12(10-11)18-21-14-4-1-2-6-16(14)24-18/h1-10H,(H,20,22). The van der Waals surface area contributed by atoms with E-state index >= 15 is 0 Å². The molecule has 6 heteroatoms. The van der Waals surface area contributed by atoms with Gasteiger partial charge in [0.1, 0.15) is 5.01 Å². The van der Waals surface area contributed by atoms with Crippen molar-refractivity contribution in [1.82, 2.24) is 4.98 Å². The molecule has 0 saturated carbocycles. The summed E-state index contributed by atoms with van der Waals surface area (Å²) in [4.78, 5) is 17.0. The Morgan fingerprint density at radius 2 is 2.00 bits per heavy atom. The summed E-state index contributed by atoms with van der Waals surface area (Å²) in [6.45, 7) is 0. The molecular weight excluding hydrogens is 435 g/mol. The fraction of sp³-hybridized carbons (Fsp3) is 0. The van der Waals surface area contributed by atoms with E-state index in [2.05, 4.69) is 27.9 Å². The van der Waals surface area contributed by atoms with E-state index in [4.69, 9.17) is 9.40 Å². The number of furan rings is 1. The summed E-state index contributed by atoms with van der Waals surface area (Å²) in [7, 11) is 0. The highest BCUT2D eigenvalue weighted by molar-refractivity contribution is 14.1. The molecule has 2 aromatic heterocycles. The zero-order chi connectivity index (χ0) is 16.5. The number of rotatable bonds is 3. The van der Waals surface area contributed by atoms with Gasteiger partial charge in [0.15, 0.2) is 5.76 Å². The number of amides is 1. The van der Waals surface area contributed by atoms with Gasteiger partial charge in [-0.25, -0.2) is 4.98 Å². The van der Waals surface area contributed by atoms with E-state index in [1.54, 1.807) is 23.5 Å². The van der Waals surface area contributed by atoms with Crippen LogP contribution >= 0.6 is 33.9 Å². The first kappa shape index (κ1) is 15.3. The number of anilines is 1. The van der Waals surface area contributed by atoms with E-state index in [-0.39, 0.29) is 11.7 Å². The Balaban J connectivity index is 1.77. The van der Waals surface area contributed by atoms with Crippen molar-refractivity contribution >= 4 is 55.7 Å². The molecule has 0 bridgehead atoms. The van der Waals surface area contributed by atoms with Gasteiger partial charge in [-0.15, -0.1) is 11.3 Å². The van der Waals surface area contributed by atoms with Gasteiger partial charge in [0.2, 0.25) is 0 Å². The minimum atomic E-state index is -0.274. The van der Waals surface area contributed by atoms with Crippen molar-refractivity contribution in [3.63, 3.8) is 0 Å². The Hall–Kier alpha value is -2.19. The summed E-state index contributed by atoms with van der Waals surface area (Å²) in [5.74, 6) is 0.00682. The van der Waals surface area contributed by atoms with Crippen LogP contribution in [0.25, 0.3) is 20.8 Å². The molecular formula is C18H11IN2O2S. The van der Waals surface area contributed by atoms with Gasteiger partial charge < -0.3 is 9.73 Å². The van der Waals surface area contributed by atoms with Crippen molar-refractivity contribution in [3.05, 3.63) is 70.2 Å². The predicted molar refractivity (Wildman–Crippen MR) is 104 cm³/mol. The Kier molecular flexibility index (Phi) is 4.07. The Morgan fingerprint density at radius 1 is 1.12 bits per heavy atom. The number of nitrogens with one attached hydrogen (secondary N) is 1. The highest BCUT2D eigenvalue weighted by Gasteiger charge is 2.15. The van der Waals surface area contributed by atoms with Crippen LogP contribution in [-0.2, 0) is 0 Å². The first-order valence-electron chi connectivity index (χ1n) is 7.21. The van der Waals surface area contributed by atoms with Crippen molar-refractivity contribution in [2.45, 2.75) is 0 Å². The molecule has 0 fully saturated rings. The van der Waals surface area contributed by atoms with Gasteiger partial charge in [0.05, 0.1) is 22.2 Å². The molecule has 1 N–H and O–H groups in total. The molecule has 0 aliphatic carbocycles. The molecule has 1 amide bonds. The molecule has 0 atom stereocenters. The van der Waals surface area contributed by atoms with E-state index in [9.17, 15) is 4.79 Å². The minimum absolute atomic E-state index is 0.274. The number of halogens is 1. The lowest BCUT2D eigenvalue weighted by molar-refractivity contribution is 0.0996. The molecule has 0 aliphatic heterocycles. The monoisotopic (exact) mass is 446 g/mol. The Labute approximate surface area is 155 Å². The summed E-state index contributed by atoms with van der Waals surface area (Å²) in [6, 6.07) is 17.2. The molecule has 2 aromatic carbocycles. The highest BCUT2D eigenvalue weighted by Crippen LogP contribution is 2.35. The van der Waals surface area contributed by atoms with Crippen LogP contribution in [0.1, 0.15) is 10.6 Å². The number of carbonyl (C=O) groups is 1. The van der Waals surface area contributed by atoms with Gasteiger partial charge in [-0.05, 0) is 65.1 Å². The third kappa shape index (κ3) is 2.94. The number of para-hydroxylation sites is 1. The van der Waals surface area contributed by atoms with Crippen LogP contribution in [0.15, 0.2) is 65.3 Å². The van der Waals surface area contributed by atoms with Crippen LogP contribution in [0.5, 0.6) is 0 Å². The molecule has 4 nitrogen and oxygen atoms in total. The van der Waals surface area contributed by atoms with Gasteiger partial charge in [0, 0.05) is 9.13 Å². The van der Waals surface area contributed by atoms with Crippen molar-refractivity contribution in [1.29, 1.82) is 0 Å². The van der Waals surface area contributed by atoms with E-state index in [1.165, 1.54) is 6.26 Å². The largest absolute Gasteiger partial charge is 0.459 e. The predicted octanol–water partition coefficient (Wildman–Crippen LogP) is 5.41. The summed E-state index contributed by atoms with van der Waals surface area (Å²) in [5, 5.41) is 3.79. The molecule has 4 aromatic rings. The lowest BCUT2D eigenvalue weighted by atomic mass is 10.2. The SMILES string of the molecule is O=C(Nc1ccc(I)cc1-c1nc2ccccc2s1)c1ccco1. The molecule has 118 valence electrons. The number of aromatic nitrogens is 1. The average molecular weight is 446 g/mol. The number of fused-ring (bicyclic) bond motifs is 1. The first-order chi connectivity index (χ1) is 11.7. The Bertz CT molecular complexity index is 992. The maximum absolute atomic E-state index is 12.3. The third-order valence-corrected chi connectivity index (χ3v) is 5.24. The normalized spacial score (nSPS) is 10.9. The zero-order valence-electron chi connectivity index (χ0n) is 12.3. The van der Waals surface area contributed by atoms with Crippen LogP contribution < -0.4 is 5.32 Å². The summed E-state index contributed by atoms with van der Waals surface area (Å²) in [6.07, 6.45) is 1.48.